The maximum atomic E-state index is 5.87. The van der Waals surface area contributed by atoms with Crippen molar-refractivity contribution in [2.45, 2.75) is 19.1 Å². The summed E-state index contributed by atoms with van der Waals surface area (Å²) < 4.78 is 22.3. The zero-order chi connectivity index (χ0) is 18.0. The molecule has 0 spiro atoms. The molecule has 0 bridgehead atoms. The molecule has 0 aromatic heterocycles. The van der Waals surface area contributed by atoms with Crippen molar-refractivity contribution in [1.29, 1.82) is 0 Å². The van der Waals surface area contributed by atoms with Gasteiger partial charge in [0.15, 0.2) is 17.8 Å². The number of methoxy groups -OCH3 is 1. The van der Waals surface area contributed by atoms with Crippen molar-refractivity contribution in [3.63, 3.8) is 0 Å². The highest BCUT2D eigenvalue weighted by Crippen LogP contribution is 2.28. The molecule has 6 heteroatoms. The summed E-state index contributed by atoms with van der Waals surface area (Å²) in [7, 11) is 1.63. The van der Waals surface area contributed by atoms with Crippen molar-refractivity contribution < 1.29 is 18.9 Å². The summed E-state index contributed by atoms with van der Waals surface area (Å²) in [4.78, 5) is 0. The standard InChI is InChI=1S/C20H24N2O4/c1-23-18-9-8-16(15-21-22-17-6-3-2-4-7-17)14-19(18)24-13-10-20-25-11-5-12-26-20/h2-4,6-9,14-15,20,22H,5,10-13H2,1H3. The molecular weight excluding hydrogens is 332 g/mol. The molecular formula is C20H24N2O4. The lowest BCUT2D eigenvalue weighted by Gasteiger charge is -2.23. The van der Waals surface area contributed by atoms with E-state index in [0.29, 0.717) is 24.5 Å². The minimum absolute atomic E-state index is 0.186. The Morgan fingerprint density at radius 2 is 1.92 bits per heavy atom. The third-order valence-electron chi connectivity index (χ3n) is 3.88. The molecule has 1 saturated heterocycles. The van der Waals surface area contributed by atoms with E-state index in [1.807, 2.05) is 48.5 Å². The van der Waals surface area contributed by atoms with Crippen LogP contribution < -0.4 is 14.9 Å². The van der Waals surface area contributed by atoms with Crippen LogP contribution in [-0.4, -0.2) is 39.4 Å². The topological polar surface area (TPSA) is 61.3 Å². The Morgan fingerprint density at radius 3 is 2.69 bits per heavy atom. The number of nitrogens with zero attached hydrogens (tertiary/aromatic N) is 1. The Balaban J connectivity index is 1.56. The lowest BCUT2D eigenvalue weighted by Crippen LogP contribution is -2.26. The van der Waals surface area contributed by atoms with Crippen LogP contribution in [0.25, 0.3) is 0 Å². The van der Waals surface area contributed by atoms with E-state index in [1.54, 1.807) is 13.3 Å². The highest BCUT2D eigenvalue weighted by Gasteiger charge is 2.14. The van der Waals surface area contributed by atoms with Gasteiger partial charge in [0.1, 0.15) is 0 Å². The number of anilines is 1. The number of para-hydroxylation sites is 1. The van der Waals surface area contributed by atoms with E-state index < -0.39 is 0 Å². The van der Waals surface area contributed by atoms with Crippen LogP contribution in [0, 0.1) is 0 Å². The first-order valence-electron chi connectivity index (χ1n) is 8.73. The van der Waals surface area contributed by atoms with Gasteiger partial charge in [-0.1, -0.05) is 18.2 Å². The van der Waals surface area contributed by atoms with E-state index in [0.717, 1.165) is 30.9 Å². The van der Waals surface area contributed by atoms with Crippen molar-refractivity contribution in [1.82, 2.24) is 0 Å². The number of nitrogens with one attached hydrogen (secondary N) is 1. The second kappa shape index (κ2) is 9.79. The van der Waals surface area contributed by atoms with Gasteiger partial charge in [-0.25, -0.2) is 0 Å². The molecule has 0 aliphatic carbocycles. The number of ether oxygens (including phenoxy) is 4. The van der Waals surface area contributed by atoms with Crippen molar-refractivity contribution >= 4 is 11.9 Å². The molecule has 0 radical (unpaired) electrons. The maximum Gasteiger partial charge on any atom is 0.161 e. The summed E-state index contributed by atoms with van der Waals surface area (Å²) in [5.41, 5.74) is 4.83. The minimum atomic E-state index is -0.186. The smallest absolute Gasteiger partial charge is 0.161 e. The van der Waals surface area contributed by atoms with Gasteiger partial charge < -0.3 is 18.9 Å². The quantitative estimate of drug-likeness (QED) is 0.578. The van der Waals surface area contributed by atoms with Gasteiger partial charge in [0, 0.05) is 6.42 Å². The van der Waals surface area contributed by atoms with Gasteiger partial charge in [-0.05, 0) is 42.3 Å². The molecule has 2 aromatic rings. The minimum Gasteiger partial charge on any atom is -0.493 e. The predicted molar refractivity (Wildman–Crippen MR) is 101 cm³/mol. The molecule has 138 valence electrons. The average Bonchev–Trinajstić information content (AvgIpc) is 2.70. The molecule has 1 aliphatic rings. The van der Waals surface area contributed by atoms with Crippen LogP contribution in [-0.2, 0) is 9.47 Å². The number of benzene rings is 2. The lowest BCUT2D eigenvalue weighted by atomic mass is 10.2. The monoisotopic (exact) mass is 356 g/mol. The van der Waals surface area contributed by atoms with E-state index in [1.165, 1.54) is 0 Å². The highest BCUT2D eigenvalue weighted by atomic mass is 16.7. The van der Waals surface area contributed by atoms with Crippen LogP contribution in [0.15, 0.2) is 53.6 Å². The van der Waals surface area contributed by atoms with Crippen LogP contribution in [0.4, 0.5) is 5.69 Å². The van der Waals surface area contributed by atoms with Gasteiger partial charge in [0.2, 0.25) is 0 Å². The lowest BCUT2D eigenvalue weighted by molar-refractivity contribution is -0.183. The molecule has 2 aromatic carbocycles. The van der Waals surface area contributed by atoms with Crippen molar-refractivity contribution in [2.24, 2.45) is 5.10 Å². The molecule has 0 amide bonds. The molecule has 1 fully saturated rings. The Bertz CT molecular complexity index is 700. The van der Waals surface area contributed by atoms with Gasteiger partial charge in [0.25, 0.3) is 0 Å². The van der Waals surface area contributed by atoms with Crippen molar-refractivity contribution in [2.75, 3.05) is 32.4 Å². The van der Waals surface area contributed by atoms with Crippen LogP contribution in [0.5, 0.6) is 11.5 Å². The van der Waals surface area contributed by atoms with Gasteiger partial charge in [-0.2, -0.15) is 5.10 Å². The van der Waals surface area contributed by atoms with Crippen molar-refractivity contribution in [3.8, 4) is 11.5 Å². The fourth-order valence-corrected chi connectivity index (χ4v) is 2.55. The number of hydrogen-bond donors (Lipinski definition) is 1. The summed E-state index contributed by atoms with van der Waals surface area (Å²) >= 11 is 0. The predicted octanol–water partition coefficient (Wildman–Crippen LogP) is 3.67. The zero-order valence-electron chi connectivity index (χ0n) is 14.9. The summed E-state index contributed by atoms with van der Waals surface area (Å²) in [5, 5.41) is 4.25. The Hall–Kier alpha value is -2.57. The molecule has 0 unspecified atom stereocenters. The number of hydrazone groups is 1. The van der Waals surface area contributed by atoms with E-state index >= 15 is 0 Å². The summed E-state index contributed by atoms with van der Waals surface area (Å²) in [5.74, 6) is 1.36. The normalized spacial score (nSPS) is 15.1. The molecule has 26 heavy (non-hydrogen) atoms. The van der Waals surface area contributed by atoms with Gasteiger partial charge >= 0.3 is 0 Å². The van der Waals surface area contributed by atoms with Gasteiger partial charge in [0.05, 0.1) is 38.8 Å². The summed E-state index contributed by atoms with van der Waals surface area (Å²) in [6.45, 7) is 1.98. The van der Waals surface area contributed by atoms with Crippen LogP contribution in [0.2, 0.25) is 0 Å². The largest absolute Gasteiger partial charge is 0.493 e. The molecule has 0 saturated carbocycles. The Morgan fingerprint density at radius 1 is 1.12 bits per heavy atom. The van der Waals surface area contributed by atoms with E-state index in [4.69, 9.17) is 18.9 Å². The van der Waals surface area contributed by atoms with Crippen molar-refractivity contribution in [3.05, 3.63) is 54.1 Å². The molecule has 6 nitrogen and oxygen atoms in total. The summed E-state index contributed by atoms with van der Waals surface area (Å²) in [6, 6.07) is 15.5. The third-order valence-corrected chi connectivity index (χ3v) is 3.88. The first kappa shape index (κ1) is 18.2. The fourth-order valence-electron chi connectivity index (χ4n) is 2.55. The first-order chi connectivity index (χ1) is 12.8. The second-order valence-electron chi connectivity index (χ2n) is 5.81. The SMILES string of the molecule is COc1ccc(C=NNc2ccccc2)cc1OCCC1OCCCO1. The summed E-state index contributed by atoms with van der Waals surface area (Å²) in [6.07, 6.45) is 3.18. The second-order valence-corrected chi connectivity index (χ2v) is 5.81. The highest BCUT2D eigenvalue weighted by molar-refractivity contribution is 5.81. The number of rotatable bonds is 8. The van der Waals surface area contributed by atoms with Gasteiger partial charge in [-0.15, -0.1) is 0 Å². The third kappa shape index (κ3) is 5.47. The molecule has 3 rings (SSSR count). The van der Waals surface area contributed by atoms with E-state index in [2.05, 4.69) is 10.5 Å². The van der Waals surface area contributed by atoms with E-state index in [-0.39, 0.29) is 6.29 Å². The molecule has 1 heterocycles. The van der Waals surface area contributed by atoms with Crippen LogP contribution >= 0.6 is 0 Å². The van der Waals surface area contributed by atoms with E-state index in [9.17, 15) is 0 Å². The van der Waals surface area contributed by atoms with Crippen LogP contribution in [0.3, 0.4) is 0 Å². The zero-order valence-corrected chi connectivity index (χ0v) is 14.9. The first-order valence-corrected chi connectivity index (χ1v) is 8.73. The average molecular weight is 356 g/mol. The Labute approximate surface area is 153 Å². The Kier molecular flexibility index (Phi) is 6.87. The number of hydrogen-bond acceptors (Lipinski definition) is 6. The maximum absolute atomic E-state index is 5.87. The molecule has 1 aliphatic heterocycles. The fraction of sp³-hybridized carbons (Fsp3) is 0.350. The van der Waals surface area contributed by atoms with Gasteiger partial charge in [-0.3, -0.25) is 5.43 Å². The molecule has 0 atom stereocenters. The van der Waals surface area contributed by atoms with Crippen LogP contribution in [0.1, 0.15) is 18.4 Å². The molecule has 1 N–H and O–H groups in total.